The van der Waals surface area contributed by atoms with Crippen molar-refractivity contribution in [2.45, 2.75) is 38.3 Å². The molecule has 0 saturated carbocycles. The summed E-state index contributed by atoms with van der Waals surface area (Å²) in [6, 6.07) is 16.4. The Morgan fingerprint density at radius 1 is 1.04 bits per heavy atom. The molecule has 0 radical (unpaired) electrons. The summed E-state index contributed by atoms with van der Waals surface area (Å²) in [5, 5.41) is 8.46. The number of para-hydroxylation sites is 1. The number of anilines is 1. The minimum absolute atomic E-state index is 0.0129. The molecule has 2 aromatic rings. The molecule has 130 valence electrons. The average Bonchev–Trinajstić information content (AvgIpc) is 2.62. The second-order valence-corrected chi connectivity index (χ2v) is 6.34. The van der Waals surface area contributed by atoms with Gasteiger partial charge in [0.2, 0.25) is 5.91 Å². The number of carbonyl (C=O) groups is 2. The second-order valence-electron chi connectivity index (χ2n) is 6.34. The number of fused-ring (bicyclic) bond motifs is 1. The molecule has 25 heavy (non-hydrogen) atoms. The Balaban J connectivity index is 1.55. The Morgan fingerprint density at radius 2 is 1.76 bits per heavy atom. The molecule has 0 saturated heterocycles. The maximum atomic E-state index is 12.5. The van der Waals surface area contributed by atoms with Crippen molar-refractivity contribution in [3.8, 4) is 0 Å². The Hall–Kier alpha value is -2.82. The first-order valence-corrected chi connectivity index (χ1v) is 8.64. The molecule has 1 aliphatic rings. The quantitative estimate of drug-likeness (QED) is 0.800. The molecule has 0 aromatic heterocycles. The molecule has 3 N–H and O–H groups in total. The van der Waals surface area contributed by atoms with E-state index in [0.717, 1.165) is 19.3 Å². The molecule has 0 bridgehead atoms. The minimum Gasteiger partial charge on any atom is -0.348 e. The van der Waals surface area contributed by atoms with Crippen LogP contribution < -0.4 is 16.0 Å². The van der Waals surface area contributed by atoms with Crippen molar-refractivity contribution in [3.63, 3.8) is 0 Å². The number of rotatable bonds is 4. The molecular formula is C20H23N3O2. The van der Waals surface area contributed by atoms with Crippen LogP contribution in [0.5, 0.6) is 0 Å². The van der Waals surface area contributed by atoms with Crippen LogP contribution in [0, 0.1) is 0 Å². The van der Waals surface area contributed by atoms with Crippen LogP contribution in [0.2, 0.25) is 0 Å². The molecule has 5 heteroatoms. The van der Waals surface area contributed by atoms with Crippen LogP contribution in [-0.4, -0.2) is 18.0 Å². The monoisotopic (exact) mass is 337 g/mol. The van der Waals surface area contributed by atoms with Gasteiger partial charge in [-0.15, -0.1) is 0 Å². The topological polar surface area (TPSA) is 70.2 Å². The van der Waals surface area contributed by atoms with Crippen LogP contribution in [0.4, 0.5) is 10.5 Å². The van der Waals surface area contributed by atoms with Gasteiger partial charge in [0.05, 0.1) is 6.04 Å². The molecule has 3 rings (SSSR count). The number of hydrogen-bond donors (Lipinski definition) is 3. The fraction of sp³-hybridized carbons (Fsp3) is 0.300. The van der Waals surface area contributed by atoms with Gasteiger partial charge in [-0.05, 0) is 49.4 Å². The molecule has 0 spiro atoms. The SMILES string of the molecule is CC(NC(=O)Nc1ccccc1)C(=O)NC1CCCc2ccccc21. The molecular weight excluding hydrogens is 314 g/mol. The van der Waals surface area contributed by atoms with Gasteiger partial charge in [-0.1, -0.05) is 42.5 Å². The summed E-state index contributed by atoms with van der Waals surface area (Å²) < 4.78 is 0. The van der Waals surface area contributed by atoms with Gasteiger partial charge in [0.1, 0.15) is 6.04 Å². The third-order valence-electron chi connectivity index (χ3n) is 4.46. The normalized spacial score (nSPS) is 17.1. The molecule has 2 atom stereocenters. The number of nitrogens with one attached hydrogen (secondary N) is 3. The highest BCUT2D eigenvalue weighted by Gasteiger charge is 2.24. The Bertz CT molecular complexity index is 746. The first-order chi connectivity index (χ1) is 12.1. The summed E-state index contributed by atoms with van der Waals surface area (Å²) in [6.07, 6.45) is 3.03. The predicted octanol–water partition coefficient (Wildman–Crippen LogP) is 3.39. The van der Waals surface area contributed by atoms with Crippen molar-refractivity contribution < 1.29 is 9.59 Å². The van der Waals surface area contributed by atoms with E-state index in [1.54, 1.807) is 19.1 Å². The van der Waals surface area contributed by atoms with Crippen LogP contribution in [0.25, 0.3) is 0 Å². The molecule has 3 amide bonds. The average molecular weight is 337 g/mol. The lowest BCUT2D eigenvalue weighted by Gasteiger charge is -2.27. The molecule has 5 nitrogen and oxygen atoms in total. The first-order valence-electron chi connectivity index (χ1n) is 8.64. The summed E-state index contributed by atoms with van der Waals surface area (Å²) in [5.74, 6) is -0.176. The highest BCUT2D eigenvalue weighted by Crippen LogP contribution is 2.29. The van der Waals surface area contributed by atoms with Crippen LogP contribution in [0.15, 0.2) is 54.6 Å². The van der Waals surface area contributed by atoms with Crippen molar-refractivity contribution in [1.82, 2.24) is 10.6 Å². The van der Waals surface area contributed by atoms with Crippen LogP contribution in [0.3, 0.4) is 0 Å². The second kappa shape index (κ2) is 7.83. The summed E-state index contributed by atoms with van der Waals surface area (Å²) in [5.41, 5.74) is 3.17. The fourth-order valence-electron chi connectivity index (χ4n) is 3.15. The van der Waals surface area contributed by atoms with E-state index in [-0.39, 0.29) is 11.9 Å². The summed E-state index contributed by atoms with van der Waals surface area (Å²) in [7, 11) is 0. The highest BCUT2D eigenvalue weighted by atomic mass is 16.2. The lowest BCUT2D eigenvalue weighted by Crippen LogP contribution is -2.47. The van der Waals surface area contributed by atoms with Crippen LogP contribution in [-0.2, 0) is 11.2 Å². The zero-order chi connectivity index (χ0) is 17.6. The molecule has 2 unspecified atom stereocenters. The summed E-state index contributed by atoms with van der Waals surface area (Å²) in [6.45, 7) is 1.69. The van der Waals surface area contributed by atoms with Crippen molar-refractivity contribution in [2.75, 3.05) is 5.32 Å². The van der Waals surface area contributed by atoms with Crippen molar-refractivity contribution in [2.24, 2.45) is 0 Å². The predicted molar refractivity (Wildman–Crippen MR) is 98.3 cm³/mol. The maximum absolute atomic E-state index is 12.5. The van der Waals surface area contributed by atoms with E-state index in [4.69, 9.17) is 0 Å². The molecule has 0 fully saturated rings. The number of amides is 3. The zero-order valence-electron chi connectivity index (χ0n) is 14.3. The summed E-state index contributed by atoms with van der Waals surface area (Å²) in [4.78, 5) is 24.5. The van der Waals surface area contributed by atoms with Crippen molar-refractivity contribution >= 4 is 17.6 Å². The molecule has 0 aliphatic heterocycles. The lowest BCUT2D eigenvalue weighted by atomic mass is 9.87. The third kappa shape index (κ3) is 4.38. The van der Waals surface area contributed by atoms with Gasteiger partial charge in [0, 0.05) is 5.69 Å². The first kappa shape index (κ1) is 17.0. The minimum atomic E-state index is -0.613. The smallest absolute Gasteiger partial charge is 0.319 e. The van der Waals surface area contributed by atoms with Crippen LogP contribution in [0.1, 0.15) is 36.9 Å². The van der Waals surface area contributed by atoms with Gasteiger partial charge in [-0.3, -0.25) is 4.79 Å². The Labute approximate surface area is 147 Å². The maximum Gasteiger partial charge on any atom is 0.319 e. The van der Waals surface area contributed by atoms with Crippen LogP contribution >= 0.6 is 0 Å². The van der Waals surface area contributed by atoms with Gasteiger partial charge in [0.25, 0.3) is 0 Å². The van der Waals surface area contributed by atoms with E-state index in [2.05, 4.69) is 28.1 Å². The molecule has 1 aliphatic carbocycles. The van der Waals surface area contributed by atoms with E-state index in [1.165, 1.54) is 11.1 Å². The number of urea groups is 1. The van der Waals surface area contributed by atoms with E-state index >= 15 is 0 Å². The van der Waals surface area contributed by atoms with Gasteiger partial charge in [-0.2, -0.15) is 0 Å². The van der Waals surface area contributed by atoms with Gasteiger partial charge in [-0.25, -0.2) is 4.79 Å². The standard InChI is InChI=1S/C20H23N3O2/c1-14(21-20(25)22-16-10-3-2-4-11-16)19(24)23-18-13-7-9-15-8-5-6-12-17(15)18/h2-6,8,10-12,14,18H,7,9,13H2,1H3,(H,23,24)(H2,21,22,25). The molecule has 0 heterocycles. The zero-order valence-corrected chi connectivity index (χ0v) is 14.3. The van der Waals surface area contributed by atoms with Crippen molar-refractivity contribution in [1.29, 1.82) is 0 Å². The van der Waals surface area contributed by atoms with E-state index in [0.29, 0.717) is 5.69 Å². The number of hydrogen-bond acceptors (Lipinski definition) is 2. The van der Waals surface area contributed by atoms with Gasteiger partial charge >= 0.3 is 6.03 Å². The lowest BCUT2D eigenvalue weighted by molar-refractivity contribution is -0.123. The fourth-order valence-corrected chi connectivity index (χ4v) is 3.15. The Morgan fingerprint density at radius 3 is 2.56 bits per heavy atom. The Kier molecular flexibility index (Phi) is 5.33. The van der Waals surface area contributed by atoms with E-state index < -0.39 is 12.1 Å². The number of carbonyl (C=O) groups excluding carboxylic acids is 2. The molecule has 2 aromatic carbocycles. The number of benzene rings is 2. The highest BCUT2D eigenvalue weighted by molar-refractivity contribution is 5.93. The summed E-state index contributed by atoms with van der Waals surface area (Å²) >= 11 is 0. The van der Waals surface area contributed by atoms with Crippen molar-refractivity contribution in [3.05, 3.63) is 65.7 Å². The van der Waals surface area contributed by atoms with E-state index in [1.807, 2.05) is 30.3 Å². The largest absolute Gasteiger partial charge is 0.348 e. The van der Waals surface area contributed by atoms with Gasteiger partial charge in [0.15, 0.2) is 0 Å². The third-order valence-corrected chi connectivity index (χ3v) is 4.46. The number of aryl methyl sites for hydroxylation is 1. The van der Waals surface area contributed by atoms with Gasteiger partial charge < -0.3 is 16.0 Å². The van der Waals surface area contributed by atoms with E-state index in [9.17, 15) is 9.59 Å².